The highest BCUT2D eigenvalue weighted by atomic mass is 16.4. The molecule has 4 heterocycles. The maximum absolute atomic E-state index is 12.7. The van der Waals surface area contributed by atoms with Crippen molar-refractivity contribution < 1.29 is 9.90 Å². The van der Waals surface area contributed by atoms with Crippen LogP contribution in [0.3, 0.4) is 0 Å². The fraction of sp³-hybridized carbons (Fsp3) is 0.450. The number of carboxylic acids is 1. The van der Waals surface area contributed by atoms with Crippen LogP contribution < -0.4 is 0 Å². The lowest BCUT2D eigenvalue weighted by Crippen LogP contribution is -2.63. The minimum Gasteiger partial charge on any atom is -0.480 e. The molecule has 0 radical (unpaired) electrons. The summed E-state index contributed by atoms with van der Waals surface area (Å²) in [4.78, 5) is 18.6. The molecule has 3 aliphatic heterocycles. The van der Waals surface area contributed by atoms with Crippen molar-refractivity contribution >= 4 is 16.9 Å². The number of fused-ring (bicyclic) bond motifs is 3. The van der Waals surface area contributed by atoms with Crippen LogP contribution in [0.1, 0.15) is 31.0 Å². The summed E-state index contributed by atoms with van der Waals surface area (Å²) in [5.41, 5.74) is 3.74. The summed E-state index contributed by atoms with van der Waals surface area (Å²) >= 11 is 0. The quantitative estimate of drug-likeness (QED) is 0.836. The van der Waals surface area contributed by atoms with Crippen molar-refractivity contribution in [2.24, 2.45) is 5.92 Å². The lowest BCUT2D eigenvalue weighted by molar-refractivity contribution is -0.150. The fourth-order valence-electron chi connectivity index (χ4n) is 5.54. The average Bonchev–Trinajstić information content (AvgIpc) is 2.94. The second kappa shape index (κ2) is 4.73. The molecule has 1 aromatic heterocycles. The first kappa shape index (κ1) is 14.3. The molecule has 1 saturated heterocycles. The van der Waals surface area contributed by atoms with Gasteiger partial charge in [0.25, 0.3) is 0 Å². The lowest BCUT2D eigenvalue weighted by Gasteiger charge is -2.53. The zero-order valence-electron chi connectivity index (χ0n) is 13.9. The third kappa shape index (κ3) is 1.59. The van der Waals surface area contributed by atoms with E-state index in [1.54, 1.807) is 0 Å². The Labute approximate surface area is 141 Å². The van der Waals surface area contributed by atoms with Crippen LogP contribution in [0.15, 0.2) is 35.9 Å². The highest BCUT2D eigenvalue weighted by Crippen LogP contribution is 2.52. The highest BCUT2D eigenvalue weighted by molar-refractivity contribution is 5.91. The van der Waals surface area contributed by atoms with Crippen molar-refractivity contribution in [3.05, 3.63) is 47.2 Å². The van der Waals surface area contributed by atoms with E-state index < -0.39 is 11.4 Å². The normalized spacial score (nSPS) is 33.9. The number of hydrogen-bond donors (Lipinski definition) is 2. The van der Waals surface area contributed by atoms with E-state index in [1.807, 2.05) is 12.1 Å². The monoisotopic (exact) mass is 322 g/mol. The zero-order valence-corrected chi connectivity index (χ0v) is 13.9. The molecule has 4 aliphatic rings. The highest BCUT2D eigenvalue weighted by Gasteiger charge is 2.59. The zero-order chi connectivity index (χ0) is 16.5. The molecule has 0 spiro atoms. The smallest absolute Gasteiger partial charge is 0.317 e. The molecule has 24 heavy (non-hydrogen) atoms. The number of rotatable bonds is 2. The second-order valence-corrected chi connectivity index (χ2v) is 7.51. The van der Waals surface area contributed by atoms with Crippen molar-refractivity contribution in [1.82, 2.24) is 9.88 Å². The first-order valence-electron chi connectivity index (χ1n) is 8.93. The van der Waals surface area contributed by atoms with Crippen LogP contribution in [-0.4, -0.2) is 40.1 Å². The molecule has 2 N–H and O–H groups in total. The number of carboxylic acid groups (broad SMARTS) is 1. The minimum atomic E-state index is -0.826. The van der Waals surface area contributed by atoms with E-state index in [0.29, 0.717) is 12.3 Å². The first-order valence-corrected chi connectivity index (χ1v) is 8.93. The summed E-state index contributed by atoms with van der Waals surface area (Å²) in [7, 11) is 0. The predicted octanol–water partition coefficient (Wildman–Crippen LogP) is 3.09. The van der Waals surface area contributed by atoms with E-state index in [-0.39, 0.29) is 6.04 Å². The molecule has 0 amide bonds. The van der Waals surface area contributed by atoms with Crippen molar-refractivity contribution in [2.45, 2.75) is 37.6 Å². The Bertz CT molecular complexity index is 881. The Morgan fingerprint density at radius 2 is 2.25 bits per heavy atom. The molecule has 4 heteroatoms. The van der Waals surface area contributed by atoms with Crippen LogP contribution in [0.25, 0.3) is 10.9 Å². The van der Waals surface area contributed by atoms with Gasteiger partial charge in [-0.2, -0.15) is 0 Å². The molecule has 1 aromatic carbocycles. The third-order valence-electron chi connectivity index (χ3n) is 6.38. The van der Waals surface area contributed by atoms with E-state index in [9.17, 15) is 9.90 Å². The molecule has 0 saturated carbocycles. The van der Waals surface area contributed by atoms with Gasteiger partial charge in [0.15, 0.2) is 0 Å². The maximum Gasteiger partial charge on any atom is 0.317 e. The topological polar surface area (TPSA) is 56.3 Å². The van der Waals surface area contributed by atoms with Gasteiger partial charge in [-0.15, -0.1) is 0 Å². The van der Waals surface area contributed by atoms with Crippen molar-refractivity contribution in [1.29, 1.82) is 0 Å². The van der Waals surface area contributed by atoms with Gasteiger partial charge in [0.2, 0.25) is 0 Å². The number of hydrogen-bond acceptors (Lipinski definition) is 2. The molecule has 4 atom stereocenters. The van der Waals surface area contributed by atoms with Gasteiger partial charge in [0.05, 0.1) is 6.04 Å². The Kier molecular flexibility index (Phi) is 2.82. The van der Waals surface area contributed by atoms with Gasteiger partial charge >= 0.3 is 5.97 Å². The van der Waals surface area contributed by atoms with Gasteiger partial charge in [-0.05, 0) is 36.8 Å². The van der Waals surface area contributed by atoms with Crippen LogP contribution in [0.5, 0.6) is 0 Å². The van der Waals surface area contributed by atoms with E-state index in [4.69, 9.17) is 0 Å². The predicted molar refractivity (Wildman–Crippen MR) is 93.2 cm³/mol. The molecular weight excluding hydrogens is 300 g/mol. The van der Waals surface area contributed by atoms with Gasteiger partial charge in [0, 0.05) is 29.7 Å². The van der Waals surface area contributed by atoms with Gasteiger partial charge in [-0.3, -0.25) is 9.69 Å². The Morgan fingerprint density at radius 1 is 1.42 bits per heavy atom. The largest absolute Gasteiger partial charge is 0.480 e. The second-order valence-electron chi connectivity index (χ2n) is 7.51. The Hall–Kier alpha value is -2.07. The van der Waals surface area contributed by atoms with Crippen LogP contribution in [-0.2, 0) is 16.6 Å². The number of para-hydroxylation sites is 1. The van der Waals surface area contributed by atoms with E-state index in [1.165, 1.54) is 16.5 Å². The molecular formula is C20H22N2O2. The third-order valence-corrected chi connectivity index (χ3v) is 6.38. The number of nitrogens with zero attached hydrogens (tertiary/aromatic N) is 1. The SMILES string of the molecule is CCC1=C[C@@H]2CN3CCc4c([nH]c5ccccc45)[C@@](C(=O)O)(C2)[C@@H]13. The number of aromatic nitrogens is 1. The molecule has 1 fully saturated rings. The summed E-state index contributed by atoms with van der Waals surface area (Å²) in [5.74, 6) is -0.325. The first-order chi connectivity index (χ1) is 11.6. The molecule has 4 nitrogen and oxygen atoms in total. The summed E-state index contributed by atoms with van der Waals surface area (Å²) in [5, 5.41) is 11.6. The Morgan fingerprint density at radius 3 is 3.04 bits per heavy atom. The number of aliphatic carboxylic acids is 1. The number of H-pyrrole nitrogens is 1. The van der Waals surface area contributed by atoms with E-state index in [0.717, 1.165) is 37.1 Å². The molecule has 1 unspecified atom stereocenters. The van der Waals surface area contributed by atoms with Gasteiger partial charge in [-0.25, -0.2) is 0 Å². The van der Waals surface area contributed by atoms with Crippen molar-refractivity contribution in [3.63, 3.8) is 0 Å². The molecule has 1 aliphatic carbocycles. The number of carbonyl (C=O) groups is 1. The number of benzene rings is 1. The summed E-state index contributed by atoms with van der Waals surface area (Å²) in [6, 6.07) is 8.25. The maximum atomic E-state index is 12.7. The van der Waals surface area contributed by atoms with E-state index >= 15 is 0 Å². The van der Waals surface area contributed by atoms with E-state index in [2.05, 4.69) is 35.0 Å². The number of nitrogens with one attached hydrogen (secondary N) is 1. The Balaban J connectivity index is 1.84. The van der Waals surface area contributed by atoms with Crippen molar-refractivity contribution in [3.8, 4) is 0 Å². The van der Waals surface area contributed by atoms with Gasteiger partial charge in [-0.1, -0.05) is 36.8 Å². The van der Waals surface area contributed by atoms with Gasteiger partial charge < -0.3 is 10.1 Å². The molecule has 124 valence electrons. The average molecular weight is 322 g/mol. The summed E-state index contributed by atoms with van der Waals surface area (Å²) < 4.78 is 0. The number of piperidine rings is 1. The van der Waals surface area contributed by atoms with Crippen LogP contribution in [0, 0.1) is 5.92 Å². The molecule has 4 bridgehead atoms. The lowest BCUT2D eigenvalue weighted by atomic mass is 9.60. The molecule has 2 aromatic rings. The van der Waals surface area contributed by atoms with Gasteiger partial charge in [0.1, 0.15) is 5.41 Å². The van der Waals surface area contributed by atoms with Crippen LogP contribution >= 0.6 is 0 Å². The van der Waals surface area contributed by atoms with Crippen LogP contribution in [0.4, 0.5) is 0 Å². The number of aromatic amines is 1. The summed E-state index contributed by atoms with van der Waals surface area (Å²) in [6.07, 6.45) is 4.93. The minimum absolute atomic E-state index is 0.000637. The van der Waals surface area contributed by atoms with Crippen molar-refractivity contribution in [2.75, 3.05) is 13.1 Å². The molecule has 6 rings (SSSR count). The summed E-state index contributed by atoms with van der Waals surface area (Å²) in [6.45, 7) is 4.11. The fourth-order valence-corrected chi connectivity index (χ4v) is 5.54. The standard InChI is InChI=1S/C20H22N2O2/c1-2-13-9-12-10-20(19(23)24)17-15(7-8-22(11-12)18(13)20)14-5-3-4-6-16(14)21-17/h3-6,9,12,18,21H,2,7-8,10-11H2,1H3,(H,23,24)/t12-,18+,20-/m0/s1. The van der Waals surface area contributed by atoms with Crippen LogP contribution in [0.2, 0.25) is 0 Å².